The number of hydrogen-bond donors (Lipinski definition) is 3. The second-order valence-corrected chi connectivity index (χ2v) is 5.71. The normalized spacial score (nSPS) is 12.1. The van der Waals surface area contributed by atoms with Crippen LogP contribution in [-0.4, -0.2) is 26.8 Å². The Balaban J connectivity index is 1.84. The molecular formula is C14H19N5OS. The number of nitrogens with zero attached hydrogens (tertiary/aromatic N) is 2. The number of amides is 1. The van der Waals surface area contributed by atoms with Crippen LogP contribution in [0, 0.1) is 0 Å². The summed E-state index contributed by atoms with van der Waals surface area (Å²) in [6.45, 7) is 4.35. The SMILES string of the molecule is CC[C@@H](C)c1ccc(NC(=O)CSc2n[nH]c(N)n2)cc1. The first-order valence-corrected chi connectivity index (χ1v) is 7.77. The topological polar surface area (TPSA) is 96.7 Å². The number of carbonyl (C=O) groups excluding carboxylic acids is 1. The minimum atomic E-state index is -0.0975. The van der Waals surface area contributed by atoms with E-state index in [0.717, 1.165) is 12.1 Å². The molecule has 21 heavy (non-hydrogen) atoms. The van der Waals surface area contributed by atoms with Gasteiger partial charge in [-0.15, -0.1) is 5.10 Å². The van der Waals surface area contributed by atoms with Gasteiger partial charge in [0.2, 0.25) is 17.0 Å². The molecule has 0 aliphatic heterocycles. The van der Waals surface area contributed by atoms with E-state index in [-0.39, 0.29) is 17.6 Å². The summed E-state index contributed by atoms with van der Waals surface area (Å²) in [5.41, 5.74) is 7.49. The van der Waals surface area contributed by atoms with Crippen LogP contribution in [-0.2, 0) is 4.79 Å². The zero-order chi connectivity index (χ0) is 15.2. The number of nitrogens with one attached hydrogen (secondary N) is 2. The number of aromatic nitrogens is 3. The van der Waals surface area contributed by atoms with Gasteiger partial charge in [0, 0.05) is 5.69 Å². The van der Waals surface area contributed by atoms with Crippen LogP contribution in [0.15, 0.2) is 29.4 Å². The third-order valence-corrected chi connectivity index (χ3v) is 4.04. The Bertz CT molecular complexity index is 596. The van der Waals surface area contributed by atoms with Crippen LogP contribution in [0.5, 0.6) is 0 Å². The van der Waals surface area contributed by atoms with Gasteiger partial charge in [0.05, 0.1) is 5.75 Å². The maximum atomic E-state index is 11.8. The summed E-state index contributed by atoms with van der Waals surface area (Å²) >= 11 is 1.23. The van der Waals surface area contributed by atoms with Crippen molar-refractivity contribution in [1.82, 2.24) is 15.2 Å². The Morgan fingerprint density at radius 2 is 2.14 bits per heavy atom. The van der Waals surface area contributed by atoms with E-state index in [1.165, 1.54) is 17.3 Å². The Hall–Kier alpha value is -2.02. The van der Waals surface area contributed by atoms with Gasteiger partial charge in [0.1, 0.15) is 0 Å². The average Bonchev–Trinajstić information content (AvgIpc) is 2.91. The van der Waals surface area contributed by atoms with Crippen LogP contribution in [0.25, 0.3) is 0 Å². The van der Waals surface area contributed by atoms with Crippen LogP contribution >= 0.6 is 11.8 Å². The molecule has 1 heterocycles. The number of H-pyrrole nitrogens is 1. The first-order chi connectivity index (χ1) is 10.1. The van der Waals surface area contributed by atoms with Gasteiger partial charge in [0.25, 0.3) is 0 Å². The number of aromatic amines is 1. The molecule has 0 fully saturated rings. The summed E-state index contributed by atoms with van der Waals surface area (Å²) in [4.78, 5) is 15.8. The molecule has 0 aliphatic rings. The summed E-state index contributed by atoms with van der Waals surface area (Å²) in [5.74, 6) is 0.921. The fourth-order valence-electron chi connectivity index (χ4n) is 1.78. The van der Waals surface area contributed by atoms with Gasteiger partial charge < -0.3 is 11.1 Å². The summed E-state index contributed by atoms with van der Waals surface area (Å²) in [6, 6.07) is 7.95. The standard InChI is InChI=1S/C14H19N5OS/c1-3-9(2)10-4-6-11(7-5-10)16-12(20)8-21-14-17-13(15)18-19-14/h4-7,9H,3,8H2,1-2H3,(H,16,20)(H3,15,17,18,19)/t9-/m1/s1. The number of rotatable bonds is 6. The number of thioether (sulfide) groups is 1. The van der Waals surface area contributed by atoms with E-state index in [1.807, 2.05) is 24.3 Å². The maximum Gasteiger partial charge on any atom is 0.234 e. The molecule has 0 saturated heterocycles. The van der Waals surface area contributed by atoms with Crippen molar-refractivity contribution in [3.8, 4) is 0 Å². The predicted octanol–water partition coefficient (Wildman–Crippen LogP) is 2.63. The minimum Gasteiger partial charge on any atom is -0.368 e. The molecule has 1 amide bonds. The van der Waals surface area contributed by atoms with Crippen LogP contribution in [0.2, 0.25) is 0 Å². The van der Waals surface area contributed by atoms with Gasteiger partial charge in [-0.25, -0.2) is 5.10 Å². The summed E-state index contributed by atoms with van der Waals surface area (Å²) in [6.07, 6.45) is 1.10. The minimum absolute atomic E-state index is 0.0975. The summed E-state index contributed by atoms with van der Waals surface area (Å²) < 4.78 is 0. The van der Waals surface area contributed by atoms with Crippen molar-refractivity contribution in [3.05, 3.63) is 29.8 Å². The van der Waals surface area contributed by atoms with E-state index in [4.69, 9.17) is 5.73 Å². The Labute approximate surface area is 127 Å². The maximum absolute atomic E-state index is 11.8. The number of carbonyl (C=O) groups is 1. The molecule has 112 valence electrons. The lowest BCUT2D eigenvalue weighted by Crippen LogP contribution is -2.14. The molecule has 0 radical (unpaired) electrons. The Morgan fingerprint density at radius 3 is 2.71 bits per heavy atom. The molecule has 1 atom stereocenters. The van der Waals surface area contributed by atoms with Crippen LogP contribution in [0.3, 0.4) is 0 Å². The highest BCUT2D eigenvalue weighted by Gasteiger charge is 2.08. The zero-order valence-corrected chi connectivity index (χ0v) is 12.9. The van der Waals surface area contributed by atoms with E-state index in [2.05, 4.69) is 34.3 Å². The van der Waals surface area contributed by atoms with Crippen molar-refractivity contribution in [2.75, 3.05) is 16.8 Å². The van der Waals surface area contributed by atoms with E-state index in [0.29, 0.717) is 11.1 Å². The Morgan fingerprint density at radius 1 is 1.43 bits per heavy atom. The third-order valence-electron chi connectivity index (χ3n) is 3.19. The highest BCUT2D eigenvalue weighted by atomic mass is 32.2. The second-order valence-electron chi connectivity index (χ2n) is 4.77. The van der Waals surface area contributed by atoms with E-state index < -0.39 is 0 Å². The fourth-order valence-corrected chi connectivity index (χ4v) is 2.39. The highest BCUT2D eigenvalue weighted by Crippen LogP contribution is 2.20. The fraction of sp³-hybridized carbons (Fsp3) is 0.357. The van der Waals surface area contributed by atoms with Crippen LogP contribution in [0.4, 0.5) is 11.6 Å². The smallest absolute Gasteiger partial charge is 0.234 e. The van der Waals surface area contributed by atoms with Crippen molar-refractivity contribution in [2.45, 2.75) is 31.3 Å². The quantitative estimate of drug-likeness (QED) is 0.713. The number of nitrogens with two attached hydrogens (primary N) is 1. The zero-order valence-electron chi connectivity index (χ0n) is 12.1. The van der Waals surface area contributed by atoms with Gasteiger partial charge in [-0.3, -0.25) is 4.79 Å². The molecule has 6 nitrogen and oxygen atoms in total. The monoisotopic (exact) mass is 305 g/mol. The molecule has 0 aliphatic carbocycles. The van der Waals surface area contributed by atoms with Crippen molar-refractivity contribution in [1.29, 1.82) is 0 Å². The predicted molar refractivity (Wildman–Crippen MR) is 85.3 cm³/mol. The molecule has 2 aromatic rings. The molecule has 0 bridgehead atoms. The molecule has 1 aromatic heterocycles. The Kier molecular flexibility index (Phi) is 5.21. The molecule has 2 rings (SSSR count). The van der Waals surface area contributed by atoms with E-state index in [1.54, 1.807) is 0 Å². The lowest BCUT2D eigenvalue weighted by molar-refractivity contribution is -0.113. The van der Waals surface area contributed by atoms with Gasteiger partial charge >= 0.3 is 0 Å². The van der Waals surface area contributed by atoms with Gasteiger partial charge in [-0.2, -0.15) is 4.98 Å². The second kappa shape index (κ2) is 7.12. The van der Waals surface area contributed by atoms with Crippen molar-refractivity contribution in [3.63, 3.8) is 0 Å². The lowest BCUT2D eigenvalue weighted by atomic mass is 9.99. The van der Waals surface area contributed by atoms with Crippen LogP contribution in [0.1, 0.15) is 31.7 Å². The summed E-state index contributed by atoms with van der Waals surface area (Å²) in [7, 11) is 0. The molecular weight excluding hydrogens is 286 g/mol. The van der Waals surface area contributed by atoms with E-state index in [9.17, 15) is 4.79 Å². The van der Waals surface area contributed by atoms with Gasteiger partial charge in [-0.1, -0.05) is 37.7 Å². The van der Waals surface area contributed by atoms with Crippen LogP contribution < -0.4 is 11.1 Å². The van der Waals surface area contributed by atoms with Gasteiger partial charge in [0.15, 0.2) is 0 Å². The molecule has 4 N–H and O–H groups in total. The van der Waals surface area contributed by atoms with Gasteiger partial charge in [-0.05, 0) is 30.0 Å². The molecule has 1 aromatic carbocycles. The molecule has 7 heteroatoms. The first-order valence-electron chi connectivity index (χ1n) is 6.79. The number of anilines is 2. The third kappa shape index (κ3) is 4.49. The van der Waals surface area contributed by atoms with E-state index >= 15 is 0 Å². The summed E-state index contributed by atoms with van der Waals surface area (Å²) in [5, 5.41) is 9.70. The van der Waals surface area contributed by atoms with Crippen molar-refractivity contribution < 1.29 is 4.79 Å². The van der Waals surface area contributed by atoms with Crippen molar-refractivity contribution in [2.24, 2.45) is 0 Å². The number of hydrogen-bond acceptors (Lipinski definition) is 5. The molecule has 0 saturated carbocycles. The average molecular weight is 305 g/mol. The number of nitrogen functional groups attached to an aromatic ring is 1. The number of benzene rings is 1. The van der Waals surface area contributed by atoms with Crippen molar-refractivity contribution >= 4 is 29.3 Å². The molecule has 0 spiro atoms. The first kappa shape index (κ1) is 15.4. The highest BCUT2D eigenvalue weighted by molar-refractivity contribution is 7.99. The molecule has 0 unspecified atom stereocenters. The largest absolute Gasteiger partial charge is 0.368 e. The lowest BCUT2D eigenvalue weighted by Gasteiger charge is -2.10.